The zero-order valence-electron chi connectivity index (χ0n) is 14.5. The van der Waals surface area contributed by atoms with Crippen LogP contribution in [0.15, 0.2) is 6.33 Å². The molecule has 1 saturated heterocycles. The largest absolute Gasteiger partial charge is 0.394 e. The lowest BCUT2D eigenvalue weighted by molar-refractivity contribution is -0.185. The van der Waals surface area contributed by atoms with E-state index < -0.39 is 30.6 Å². The summed E-state index contributed by atoms with van der Waals surface area (Å²) in [7, 11) is 3.43. The van der Waals surface area contributed by atoms with Gasteiger partial charge in [-0.05, 0) is 0 Å². The summed E-state index contributed by atoms with van der Waals surface area (Å²) in [5.41, 5.74) is 10.6. The van der Waals surface area contributed by atoms with E-state index in [1.807, 2.05) is 0 Å². The van der Waals surface area contributed by atoms with Crippen molar-refractivity contribution in [3.63, 3.8) is 0 Å². The van der Waals surface area contributed by atoms with Crippen LogP contribution in [-0.2, 0) is 15.3 Å². The van der Waals surface area contributed by atoms with Gasteiger partial charge in [-0.1, -0.05) is 0 Å². The fourth-order valence-electron chi connectivity index (χ4n) is 3.13. The van der Waals surface area contributed by atoms with Crippen LogP contribution in [0.2, 0.25) is 0 Å². The minimum absolute atomic E-state index is 0.0665. The van der Waals surface area contributed by atoms with E-state index in [0.29, 0.717) is 0 Å². The van der Waals surface area contributed by atoms with Gasteiger partial charge in [0, 0.05) is 20.5 Å². The maximum Gasteiger partial charge on any atom is 0.224 e. The Labute approximate surface area is 148 Å². The maximum absolute atomic E-state index is 10.7. The van der Waals surface area contributed by atoms with Gasteiger partial charge in [-0.2, -0.15) is 15.0 Å². The van der Waals surface area contributed by atoms with Crippen LogP contribution < -0.4 is 11.5 Å². The molecule has 0 spiro atoms. The third kappa shape index (κ3) is 2.96. The van der Waals surface area contributed by atoms with E-state index in [2.05, 4.69) is 15.0 Å². The molecule has 0 saturated carbocycles. The molecule has 144 valence electrons. The molecule has 1 aliphatic heterocycles. The molecule has 12 nitrogen and oxygen atoms in total. The smallest absolute Gasteiger partial charge is 0.224 e. The topological polar surface area (TPSA) is 178 Å². The highest BCUT2D eigenvalue weighted by Crippen LogP contribution is 2.40. The summed E-state index contributed by atoms with van der Waals surface area (Å²) < 4.78 is 7.31. The summed E-state index contributed by atoms with van der Waals surface area (Å²) in [6.07, 6.45) is -2.16. The molecular formula is C14H23N7O5. The third-order valence-electron chi connectivity index (χ3n) is 4.36. The molecule has 3 rings (SSSR count). The minimum atomic E-state index is -1.48. The van der Waals surface area contributed by atoms with Gasteiger partial charge < -0.3 is 31.5 Å². The molecule has 2 aromatic rings. The highest BCUT2D eigenvalue weighted by molar-refractivity contribution is 5.82. The Kier molecular flexibility index (Phi) is 4.96. The number of aliphatic hydroxyl groups is 3. The Hall–Kier alpha value is -2.09. The molecule has 0 aliphatic carbocycles. The van der Waals surface area contributed by atoms with Crippen molar-refractivity contribution in [3.05, 3.63) is 6.33 Å². The molecule has 12 heteroatoms. The van der Waals surface area contributed by atoms with Gasteiger partial charge in [0.2, 0.25) is 5.95 Å². The Morgan fingerprint density at radius 3 is 2.69 bits per heavy atom. The van der Waals surface area contributed by atoms with E-state index in [1.54, 1.807) is 14.1 Å². The molecule has 4 atom stereocenters. The molecule has 1 unspecified atom stereocenters. The van der Waals surface area contributed by atoms with Crippen molar-refractivity contribution in [2.75, 3.05) is 38.8 Å². The van der Waals surface area contributed by atoms with Crippen LogP contribution in [0.25, 0.3) is 11.2 Å². The molecule has 26 heavy (non-hydrogen) atoms. The van der Waals surface area contributed by atoms with Crippen LogP contribution in [0.1, 0.15) is 6.42 Å². The Balaban J connectivity index is 2.10. The van der Waals surface area contributed by atoms with Crippen molar-refractivity contribution in [2.45, 2.75) is 30.5 Å². The van der Waals surface area contributed by atoms with Crippen LogP contribution in [0.5, 0.6) is 0 Å². The molecule has 0 aromatic carbocycles. The van der Waals surface area contributed by atoms with Crippen molar-refractivity contribution in [3.8, 4) is 0 Å². The highest BCUT2D eigenvalue weighted by atomic mass is 16.7. The minimum Gasteiger partial charge on any atom is -0.394 e. The first-order valence-electron chi connectivity index (χ1n) is 8.01. The summed E-state index contributed by atoms with van der Waals surface area (Å²) >= 11 is 0. The van der Waals surface area contributed by atoms with Gasteiger partial charge in [0.05, 0.1) is 19.5 Å². The lowest BCUT2D eigenvalue weighted by Crippen LogP contribution is -2.46. The average molecular weight is 369 g/mol. The van der Waals surface area contributed by atoms with Gasteiger partial charge >= 0.3 is 0 Å². The number of anilines is 2. The normalized spacial score (nSPS) is 29.1. The standard InChI is InChI=1S/C14H23N7O5/c1-20(2)25-4-3-14(10(24)9(23)7(5-22)26-14)21-6-17-8-11(15)18-13(16)19-12(8)21/h6-7,9-10,22-24H,3-5H2,1-2H3,(H4,15,16,18,19)/t7-,9-,10-,14?/m1/s1. The number of nitrogens with two attached hydrogens (primary N) is 2. The lowest BCUT2D eigenvalue weighted by Gasteiger charge is -2.34. The molecule has 1 fully saturated rings. The SMILES string of the molecule is CN(C)OCCC1(n2cnc3c(N)nc(N)nc32)O[C@H](CO)[C@@H](O)[C@H]1O. The van der Waals surface area contributed by atoms with E-state index >= 15 is 0 Å². The van der Waals surface area contributed by atoms with Gasteiger partial charge in [-0.15, -0.1) is 0 Å². The number of nitrogen functional groups attached to an aromatic ring is 2. The monoisotopic (exact) mass is 369 g/mol. The Morgan fingerprint density at radius 2 is 2.08 bits per heavy atom. The molecule has 1 aliphatic rings. The average Bonchev–Trinajstić information content (AvgIpc) is 3.10. The maximum atomic E-state index is 10.7. The summed E-state index contributed by atoms with van der Waals surface area (Å²) in [6, 6.07) is 0. The van der Waals surface area contributed by atoms with Crippen molar-refractivity contribution >= 4 is 22.9 Å². The van der Waals surface area contributed by atoms with E-state index in [9.17, 15) is 15.3 Å². The number of fused-ring (bicyclic) bond motifs is 1. The predicted octanol–water partition coefficient (Wildman–Crippen LogP) is -2.36. The van der Waals surface area contributed by atoms with Gasteiger partial charge in [0.25, 0.3) is 0 Å². The van der Waals surface area contributed by atoms with Crippen molar-refractivity contribution < 1.29 is 24.9 Å². The van der Waals surface area contributed by atoms with E-state index in [-0.39, 0.29) is 36.0 Å². The summed E-state index contributed by atoms with van der Waals surface area (Å²) in [5, 5.41) is 32.0. The Morgan fingerprint density at radius 1 is 1.35 bits per heavy atom. The first kappa shape index (κ1) is 18.7. The molecule has 0 bridgehead atoms. The van der Waals surface area contributed by atoms with Gasteiger partial charge in [-0.3, -0.25) is 9.40 Å². The van der Waals surface area contributed by atoms with Crippen molar-refractivity contribution in [1.82, 2.24) is 24.6 Å². The number of rotatable bonds is 6. The number of hydroxylamine groups is 2. The van der Waals surface area contributed by atoms with Gasteiger partial charge in [0.1, 0.15) is 23.8 Å². The molecule has 0 radical (unpaired) electrons. The molecule has 3 heterocycles. The van der Waals surface area contributed by atoms with Crippen LogP contribution >= 0.6 is 0 Å². The number of hydrogen-bond donors (Lipinski definition) is 5. The lowest BCUT2D eigenvalue weighted by atomic mass is 9.99. The van der Waals surface area contributed by atoms with Crippen molar-refractivity contribution in [2.24, 2.45) is 0 Å². The number of ether oxygens (including phenoxy) is 1. The quantitative estimate of drug-likeness (QED) is 0.344. The second-order valence-electron chi connectivity index (χ2n) is 6.27. The fourth-order valence-corrected chi connectivity index (χ4v) is 3.13. The molecular weight excluding hydrogens is 346 g/mol. The second-order valence-corrected chi connectivity index (χ2v) is 6.27. The zero-order chi connectivity index (χ0) is 19.1. The van der Waals surface area contributed by atoms with Gasteiger partial charge in [0.15, 0.2) is 17.2 Å². The number of aliphatic hydroxyl groups excluding tert-OH is 3. The number of nitrogens with zero attached hydrogens (tertiary/aromatic N) is 5. The van der Waals surface area contributed by atoms with Crippen LogP contribution in [0, 0.1) is 0 Å². The predicted molar refractivity (Wildman–Crippen MR) is 90.4 cm³/mol. The summed E-state index contributed by atoms with van der Waals surface area (Å²) in [6.45, 7) is -0.314. The van der Waals surface area contributed by atoms with Crippen LogP contribution in [0.4, 0.5) is 11.8 Å². The zero-order valence-corrected chi connectivity index (χ0v) is 14.5. The first-order valence-corrected chi connectivity index (χ1v) is 8.01. The van der Waals surface area contributed by atoms with E-state index in [1.165, 1.54) is 16.0 Å². The number of hydrogen-bond acceptors (Lipinski definition) is 11. The number of aromatic nitrogens is 4. The van der Waals surface area contributed by atoms with E-state index in [0.717, 1.165) is 0 Å². The van der Waals surface area contributed by atoms with Crippen LogP contribution in [0.3, 0.4) is 0 Å². The fraction of sp³-hybridized carbons (Fsp3) is 0.643. The Bertz CT molecular complexity index is 784. The second kappa shape index (κ2) is 6.90. The van der Waals surface area contributed by atoms with Crippen LogP contribution in [-0.4, -0.2) is 85.5 Å². The van der Waals surface area contributed by atoms with Gasteiger partial charge in [-0.25, -0.2) is 4.98 Å². The number of imidazole rings is 1. The van der Waals surface area contributed by atoms with E-state index in [4.69, 9.17) is 21.0 Å². The first-order chi connectivity index (χ1) is 12.3. The third-order valence-corrected chi connectivity index (χ3v) is 4.36. The molecule has 0 amide bonds. The molecule has 2 aromatic heterocycles. The highest BCUT2D eigenvalue weighted by Gasteiger charge is 2.55. The summed E-state index contributed by atoms with van der Waals surface area (Å²) in [4.78, 5) is 17.6. The summed E-state index contributed by atoms with van der Waals surface area (Å²) in [5.74, 6) is 0.0147. The molecule has 7 N–H and O–H groups in total. The van der Waals surface area contributed by atoms with Crippen molar-refractivity contribution in [1.29, 1.82) is 0 Å².